The van der Waals surface area contributed by atoms with Crippen LogP contribution < -0.4 is 20.5 Å². The summed E-state index contributed by atoms with van der Waals surface area (Å²) in [4.78, 5) is 31.5. The molecule has 2 aromatic carbocycles. The number of nitrogens with zero attached hydrogens (tertiary/aromatic N) is 1. The summed E-state index contributed by atoms with van der Waals surface area (Å²) in [6.45, 7) is 10.9. The molecule has 0 atom stereocenters. The lowest BCUT2D eigenvalue weighted by Crippen LogP contribution is -2.36. The number of hydrogen-bond donors (Lipinski definition) is 3. The Morgan fingerprint density at radius 1 is 1.08 bits per heavy atom. The summed E-state index contributed by atoms with van der Waals surface area (Å²) >= 11 is 0. The first-order chi connectivity index (χ1) is 18.4. The van der Waals surface area contributed by atoms with E-state index in [0.29, 0.717) is 11.1 Å². The molecule has 2 heterocycles. The molecular weight excluding hydrogens is 512 g/mol. The van der Waals surface area contributed by atoms with Crippen molar-refractivity contribution in [2.24, 2.45) is 0 Å². The van der Waals surface area contributed by atoms with E-state index in [1.165, 1.54) is 12.6 Å². The van der Waals surface area contributed by atoms with Gasteiger partial charge in [0.2, 0.25) is 10.0 Å². The number of anilines is 1. The fourth-order valence-electron chi connectivity index (χ4n) is 4.92. The number of aryl methyl sites for hydroxylation is 2. The highest BCUT2D eigenvalue weighted by Gasteiger charge is 2.26. The number of aromatic nitrogens is 1. The molecule has 39 heavy (non-hydrogen) atoms. The molecule has 0 spiro atoms. The average Bonchev–Trinajstić information content (AvgIpc) is 2.91. The van der Waals surface area contributed by atoms with E-state index in [2.05, 4.69) is 52.8 Å². The minimum absolute atomic E-state index is 0.105. The second-order valence-electron chi connectivity index (χ2n) is 10.2. The van der Waals surface area contributed by atoms with Crippen molar-refractivity contribution < 1.29 is 13.2 Å². The molecule has 0 fully saturated rings. The van der Waals surface area contributed by atoms with Gasteiger partial charge < -0.3 is 15.2 Å². The predicted molar refractivity (Wildman–Crippen MR) is 157 cm³/mol. The Labute approximate surface area is 230 Å². The van der Waals surface area contributed by atoms with Crippen LogP contribution in [-0.4, -0.2) is 38.9 Å². The van der Waals surface area contributed by atoms with Gasteiger partial charge in [0.15, 0.2) is 0 Å². The first-order valence-electron chi connectivity index (χ1n) is 13.1. The highest BCUT2D eigenvalue weighted by atomic mass is 32.2. The van der Waals surface area contributed by atoms with Crippen LogP contribution in [0.4, 0.5) is 5.69 Å². The van der Waals surface area contributed by atoms with Crippen molar-refractivity contribution in [3.05, 3.63) is 86.3 Å². The van der Waals surface area contributed by atoms with Crippen LogP contribution in [0.5, 0.6) is 0 Å². The van der Waals surface area contributed by atoms with Gasteiger partial charge in [0.25, 0.3) is 11.5 Å². The largest absolute Gasteiger partial charge is 0.365 e. The zero-order valence-electron chi connectivity index (χ0n) is 23.3. The van der Waals surface area contributed by atoms with Gasteiger partial charge in [-0.15, -0.1) is 0 Å². The van der Waals surface area contributed by atoms with E-state index in [0.717, 1.165) is 46.6 Å². The maximum atomic E-state index is 13.7. The minimum Gasteiger partial charge on any atom is -0.365 e. The topological polar surface area (TPSA) is 111 Å². The number of pyridine rings is 1. The van der Waals surface area contributed by atoms with Crippen molar-refractivity contribution in [3.8, 4) is 11.1 Å². The molecule has 1 amide bonds. The van der Waals surface area contributed by atoms with Gasteiger partial charge in [-0.05, 0) is 88.2 Å². The molecule has 1 aromatic heterocycles. The molecule has 3 aromatic rings. The van der Waals surface area contributed by atoms with E-state index in [4.69, 9.17) is 0 Å². The molecule has 3 N–H and O–H groups in total. The van der Waals surface area contributed by atoms with E-state index < -0.39 is 10.0 Å². The highest BCUT2D eigenvalue weighted by molar-refractivity contribution is 7.89. The van der Waals surface area contributed by atoms with E-state index in [-0.39, 0.29) is 28.9 Å². The Kier molecular flexibility index (Phi) is 8.13. The van der Waals surface area contributed by atoms with Crippen LogP contribution in [-0.2, 0) is 16.6 Å². The Bertz CT molecular complexity index is 1600. The third kappa shape index (κ3) is 5.84. The lowest BCUT2D eigenvalue weighted by Gasteiger charge is -2.36. The third-order valence-corrected chi connectivity index (χ3v) is 8.63. The number of sulfonamides is 1. The summed E-state index contributed by atoms with van der Waals surface area (Å²) in [5.74, 6) is -0.279. The summed E-state index contributed by atoms with van der Waals surface area (Å²) in [6, 6.07) is 12.6. The van der Waals surface area contributed by atoms with E-state index >= 15 is 0 Å². The molecule has 0 bridgehead atoms. The second kappa shape index (κ2) is 11.2. The maximum absolute atomic E-state index is 13.7. The fourth-order valence-corrected chi connectivity index (χ4v) is 5.65. The smallest absolute Gasteiger partial charge is 0.253 e. The summed E-state index contributed by atoms with van der Waals surface area (Å²) < 4.78 is 26.8. The molecule has 9 heteroatoms. The van der Waals surface area contributed by atoms with E-state index in [1.54, 1.807) is 24.3 Å². The first-order valence-corrected chi connectivity index (χ1v) is 14.6. The highest BCUT2D eigenvalue weighted by Crippen LogP contribution is 2.38. The molecule has 0 unspecified atom stereocenters. The number of aromatic amines is 1. The molecule has 0 aliphatic carbocycles. The zero-order valence-corrected chi connectivity index (χ0v) is 24.1. The number of amides is 1. The number of hydrogen-bond acceptors (Lipinski definition) is 5. The molecule has 8 nitrogen and oxygen atoms in total. The summed E-state index contributed by atoms with van der Waals surface area (Å²) in [7, 11) is -2.19. The SMILES string of the molecule is CCC1=Cc2c(C(=O)NCc3c(C)cc(C)[nH]c3=O)cc(-c3ccc(S(=O)(=O)NC)cc3)cc2N(C(C)C)C1. The van der Waals surface area contributed by atoms with Gasteiger partial charge in [0.05, 0.1) is 4.90 Å². The normalized spacial score (nSPS) is 13.3. The molecule has 0 radical (unpaired) electrons. The number of H-pyrrole nitrogens is 1. The van der Waals surface area contributed by atoms with Gasteiger partial charge in [-0.1, -0.05) is 30.7 Å². The standard InChI is InChI=1S/C30H36N4O4S/c1-7-21-13-25-26(29(35)32-16-27-19(4)12-20(5)33-30(27)36)14-23(15-28(25)34(17-21)18(2)3)22-8-10-24(11-9-22)39(37,38)31-6/h8-15,18,31H,7,16-17H2,1-6H3,(H,32,35)(H,33,36). The van der Waals surface area contributed by atoms with Crippen LogP contribution in [0, 0.1) is 13.8 Å². The predicted octanol–water partition coefficient (Wildman–Crippen LogP) is 4.52. The maximum Gasteiger partial charge on any atom is 0.253 e. The van der Waals surface area contributed by atoms with Gasteiger partial charge in [-0.25, -0.2) is 13.1 Å². The summed E-state index contributed by atoms with van der Waals surface area (Å²) in [5.41, 5.74) is 7.03. The quantitative estimate of drug-likeness (QED) is 0.383. The van der Waals surface area contributed by atoms with Gasteiger partial charge in [-0.2, -0.15) is 0 Å². The number of carbonyl (C=O) groups excluding carboxylic acids is 1. The average molecular weight is 549 g/mol. The van der Waals surface area contributed by atoms with Crippen LogP contribution in [0.3, 0.4) is 0 Å². The van der Waals surface area contributed by atoms with Crippen LogP contribution >= 0.6 is 0 Å². The molecular formula is C30H36N4O4S. The lowest BCUT2D eigenvalue weighted by molar-refractivity contribution is 0.0950. The molecule has 0 saturated heterocycles. The van der Waals surface area contributed by atoms with Crippen LogP contribution in [0.2, 0.25) is 0 Å². The molecule has 1 aliphatic heterocycles. The van der Waals surface area contributed by atoms with Crippen molar-refractivity contribution in [1.29, 1.82) is 0 Å². The van der Waals surface area contributed by atoms with Gasteiger partial charge in [0.1, 0.15) is 0 Å². The molecule has 0 saturated carbocycles. The second-order valence-corrected chi connectivity index (χ2v) is 12.1. The van der Waals surface area contributed by atoms with Crippen LogP contribution in [0.25, 0.3) is 17.2 Å². The first kappa shape index (κ1) is 28.3. The van der Waals surface area contributed by atoms with Gasteiger partial charge >= 0.3 is 0 Å². The monoisotopic (exact) mass is 548 g/mol. The number of benzene rings is 2. The molecule has 206 valence electrons. The van der Waals surface area contributed by atoms with Crippen molar-refractivity contribution in [1.82, 2.24) is 15.0 Å². The van der Waals surface area contributed by atoms with E-state index in [9.17, 15) is 18.0 Å². The third-order valence-electron chi connectivity index (χ3n) is 7.20. The Morgan fingerprint density at radius 2 is 1.77 bits per heavy atom. The van der Waals surface area contributed by atoms with E-state index in [1.807, 2.05) is 26.0 Å². The van der Waals surface area contributed by atoms with Crippen molar-refractivity contribution in [3.63, 3.8) is 0 Å². The van der Waals surface area contributed by atoms with Crippen LogP contribution in [0.15, 0.2) is 57.7 Å². The van der Waals surface area contributed by atoms with Gasteiger partial charge in [-0.3, -0.25) is 9.59 Å². The minimum atomic E-state index is -3.56. The zero-order chi connectivity index (χ0) is 28.5. The van der Waals surface area contributed by atoms with Crippen molar-refractivity contribution in [2.45, 2.75) is 58.5 Å². The van der Waals surface area contributed by atoms with Crippen molar-refractivity contribution >= 4 is 27.7 Å². The molecule has 4 rings (SSSR count). The molecule has 1 aliphatic rings. The van der Waals surface area contributed by atoms with Crippen LogP contribution in [0.1, 0.15) is 59.9 Å². The lowest BCUT2D eigenvalue weighted by atomic mass is 9.91. The van der Waals surface area contributed by atoms with Gasteiger partial charge in [0, 0.05) is 47.2 Å². The number of carbonyl (C=O) groups is 1. The number of rotatable bonds is 8. The fraction of sp³-hybridized carbons (Fsp3) is 0.333. The Balaban J connectivity index is 1.81. The Hall–Kier alpha value is -3.69. The van der Waals surface area contributed by atoms with Crippen molar-refractivity contribution in [2.75, 3.05) is 18.5 Å². The number of fused-ring (bicyclic) bond motifs is 1. The summed E-state index contributed by atoms with van der Waals surface area (Å²) in [5, 5.41) is 2.96. The number of nitrogens with one attached hydrogen (secondary N) is 3. The Morgan fingerprint density at radius 3 is 2.36 bits per heavy atom. The summed E-state index contributed by atoms with van der Waals surface area (Å²) in [6.07, 6.45) is 2.96.